The molecule has 1 amide bonds. The monoisotopic (exact) mass is 420 g/mol. The van der Waals surface area contributed by atoms with E-state index in [0.29, 0.717) is 10.6 Å². The lowest BCUT2D eigenvalue weighted by atomic mass is 10.1. The number of nitrogens with zero attached hydrogens (tertiary/aromatic N) is 1. The first-order chi connectivity index (χ1) is 14.6. The number of piperazine rings is 1. The van der Waals surface area contributed by atoms with Crippen molar-refractivity contribution >= 4 is 40.3 Å². The maximum Gasteiger partial charge on any atom is 0.257 e. The molecule has 1 heterocycles. The first kappa shape index (κ1) is 20.3. The van der Waals surface area contributed by atoms with Crippen molar-refractivity contribution in [2.45, 2.75) is 6.92 Å². The molecule has 1 saturated heterocycles. The minimum absolute atomic E-state index is 0.160. The highest BCUT2D eigenvalue weighted by Gasteiger charge is 2.14. The summed E-state index contributed by atoms with van der Waals surface area (Å²) in [7, 11) is 0. The Morgan fingerprint density at radius 3 is 2.40 bits per heavy atom. The molecule has 3 N–H and O–H groups in total. The van der Waals surface area contributed by atoms with Crippen LogP contribution < -0.4 is 20.9 Å². The van der Waals surface area contributed by atoms with E-state index in [1.165, 1.54) is 5.69 Å². The molecule has 6 heteroatoms. The van der Waals surface area contributed by atoms with Crippen LogP contribution in [0.15, 0.2) is 66.7 Å². The van der Waals surface area contributed by atoms with Crippen LogP contribution in [0.25, 0.3) is 0 Å². The second-order valence-corrected chi connectivity index (χ2v) is 7.73. The van der Waals surface area contributed by atoms with Gasteiger partial charge in [0, 0.05) is 48.3 Å². The van der Waals surface area contributed by atoms with Gasteiger partial charge in [0.25, 0.3) is 5.91 Å². The first-order valence-electron chi connectivity index (χ1n) is 10.1. The van der Waals surface area contributed by atoms with Crippen molar-refractivity contribution in [2.24, 2.45) is 0 Å². The maximum atomic E-state index is 13.0. The van der Waals surface area contributed by atoms with E-state index in [0.717, 1.165) is 48.8 Å². The van der Waals surface area contributed by atoms with Gasteiger partial charge in [-0.25, -0.2) is 0 Å². The highest BCUT2D eigenvalue weighted by molar-refractivity contribution is 6.31. The van der Waals surface area contributed by atoms with E-state index >= 15 is 0 Å². The SMILES string of the molecule is Cc1c(Cl)cccc1Nc1ccccc1C(=O)Nc1ccc(N2CCNCC2)cc1. The van der Waals surface area contributed by atoms with E-state index < -0.39 is 0 Å². The maximum absolute atomic E-state index is 13.0. The molecule has 154 valence electrons. The quantitative estimate of drug-likeness (QED) is 0.540. The van der Waals surface area contributed by atoms with Gasteiger partial charge in [0.05, 0.1) is 11.3 Å². The van der Waals surface area contributed by atoms with Crippen molar-refractivity contribution < 1.29 is 4.79 Å². The van der Waals surface area contributed by atoms with E-state index in [-0.39, 0.29) is 5.91 Å². The van der Waals surface area contributed by atoms with Crippen LogP contribution in [0.2, 0.25) is 5.02 Å². The molecule has 0 spiro atoms. The van der Waals surface area contributed by atoms with Crippen LogP contribution in [-0.2, 0) is 0 Å². The molecule has 0 unspecified atom stereocenters. The van der Waals surface area contributed by atoms with Crippen LogP contribution in [0.1, 0.15) is 15.9 Å². The van der Waals surface area contributed by atoms with Gasteiger partial charge in [0.2, 0.25) is 0 Å². The molecule has 0 radical (unpaired) electrons. The Bertz CT molecular complexity index is 1030. The van der Waals surface area contributed by atoms with Crippen molar-refractivity contribution in [1.82, 2.24) is 5.32 Å². The van der Waals surface area contributed by atoms with Crippen LogP contribution in [0.3, 0.4) is 0 Å². The Hall–Kier alpha value is -3.02. The van der Waals surface area contributed by atoms with E-state index in [1.54, 1.807) is 0 Å². The van der Waals surface area contributed by atoms with Crippen LogP contribution in [0, 0.1) is 6.92 Å². The molecule has 30 heavy (non-hydrogen) atoms. The predicted octanol–water partition coefficient (Wildman–Crippen LogP) is 5.05. The fraction of sp³-hybridized carbons (Fsp3) is 0.208. The number of hydrogen-bond acceptors (Lipinski definition) is 4. The van der Waals surface area contributed by atoms with E-state index in [1.807, 2.05) is 61.5 Å². The fourth-order valence-electron chi connectivity index (χ4n) is 3.56. The zero-order chi connectivity index (χ0) is 20.9. The fourth-order valence-corrected chi connectivity index (χ4v) is 3.73. The lowest BCUT2D eigenvalue weighted by molar-refractivity contribution is 0.102. The molecule has 5 nitrogen and oxygen atoms in total. The molecular formula is C24H25ClN4O. The van der Waals surface area contributed by atoms with Gasteiger partial charge in [-0.1, -0.05) is 29.8 Å². The summed E-state index contributed by atoms with van der Waals surface area (Å²) in [6, 6.07) is 21.2. The Morgan fingerprint density at radius 2 is 1.63 bits per heavy atom. The van der Waals surface area contributed by atoms with Crippen molar-refractivity contribution in [3.05, 3.63) is 82.9 Å². The Kier molecular flexibility index (Phi) is 6.21. The van der Waals surface area contributed by atoms with Gasteiger partial charge in [-0.15, -0.1) is 0 Å². The minimum atomic E-state index is -0.160. The van der Waals surface area contributed by atoms with Crippen molar-refractivity contribution in [2.75, 3.05) is 41.7 Å². The normalized spacial score (nSPS) is 13.7. The number of para-hydroxylation sites is 1. The standard InChI is InChI=1S/C24H25ClN4O/c1-17-21(25)6-4-8-22(17)28-23-7-3-2-5-20(23)24(30)27-18-9-11-19(12-10-18)29-15-13-26-14-16-29/h2-12,26,28H,13-16H2,1H3,(H,27,30). The molecule has 0 atom stereocenters. The summed E-state index contributed by atoms with van der Waals surface area (Å²) in [5.41, 5.74) is 5.07. The number of nitrogens with one attached hydrogen (secondary N) is 3. The number of rotatable bonds is 5. The summed E-state index contributed by atoms with van der Waals surface area (Å²) < 4.78 is 0. The topological polar surface area (TPSA) is 56.4 Å². The molecule has 1 aliphatic rings. The molecular weight excluding hydrogens is 396 g/mol. The molecule has 3 aromatic carbocycles. The summed E-state index contributed by atoms with van der Waals surface area (Å²) in [6.07, 6.45) is 0. The summed E-state index contributed by atoms with van der Waals surface area (Å²) >= 11 is 6.23. The Labute approximate surface area is 182 Å². The largest absolute Gasteiger partial charge is 0.369 e. The second kappa shape index (κ2) is 9.20. The average Bonchev–Trinajstić information content (AvgIpc) is 2.78. The summed E-state index contributed by atoms with van der Waals surface area (Å²) in [4.78, 5) is 15.3. The third-order valence-corrected chi connectivity index (χ3v) is 5.73. The van der Waals surface area contributed by atoms with Crippen LogP contribution in [0.4, 0.5) is 22.7 Å². The van der Waals surface area contributed by atoms with Gasteiger partial charge in [-0.2, -0.15) is 0 Å². The lowest BCUT2D eigenvalue weighted by Crippen LogP contribution is -2.43. The molecule has 0 aliphatic carbocycles. The minimum Gasteiger partial charge on any atom is -0.369 e. The number of carbonyl (C=O) groups is 1. The van der Waals surface area contributed by atoms with E-state index in [9.17, 15) is 4.79 Å². The van der Waals surface area contributed by atoms with E-state index in [2.05, 4.69) is 33.0 Å². The highest BCUT2D eigenvalue weighted by atomic mass is 35.5. The van der Waals surface area contributed by atoms with Crippen LogP contribution >= 0.6 is 11.6 Å². The predicted molar refractivity (Wildman–Crippen MR) is 125 cm³/mol. The lowest BCUT2D eigenvalue weighted by Gasteiger charge is -2.29. The molecule has 0 aromatic heterocycles. The molecule has 0 bridgehead atoms. The van der Waals surface area contributed by atoms with Gasteiger partial charge >= 0.3 is 0 Å². The number of anilines is 4. The number of amides is 1. The number of benzene rings is 3. The van der Waals surface area contributed by atoms with Gasteiger partial charge in [-0.3, -0.25) is 4.79 Å². The zero-order valence-corrected chi connectivity index (χ0v) is 17.7. The van der Waals surface area contributed by atoms with Crippen LogP contribution in [-0.4, -0.2) is 32.1 Å². The van der Waals surface area contributed by atoms with Gasteiger partial charge in [-0.05, 0) is 61.0 Å². The van der Waals surface area contributed by atoms with Crippen molar-refractivity contribution in [3.63, 3.8) is 0 Å². The molecule has 0 saturated carbocycles. The number of halogens is 1. The second-order valence-electron chi connectivity index (χ2n) is 7.32. The van der Waals surface area contributed by atoms with Gasteiger partial charge < -0.3 is 20.9 Å². The molecule has 1 fully saturated rings. The van der Waals surface area contributed by atoms with Gasteiger partial charge in [0.15, 0.2) is 0 Å². The van der Waals surface area contributed by atoms with Crippen molar-refractivity contribution in [3.8, 4) is 0 Å². The highest BCUT2D eigenvalue weighted by Crippen LogP contribution is 2.28. The van der Waals surface area contributed by atoms with Crippen molar-refractivity contribution in [1.29, 1.82) is 0 Å². The first-order valence-corrected chi connectivity index (χ1v) is 10.5. The van der Waals surface area contributed by atoms with Gasteiger partial charge in [0.1, 0.15) is 0 Å². The summed E-state index contributed by atoms with van der Waals surface area (Å²) in [5.74, 6) is -0.160. The van der Waals surface area contributed by atoms with Crippen LogP contribution in [0.5, 0.6) is 0 Å². The third-order valence-electron chi connectivity index (χ3n) is 5.32. The average molecular weight is 421 g/mol. The Balaban J connectivity index is 1.49. The molecule has 3 aromatic rings. The smallest absolute Gasteiger partial charge is 0.257 e. The number of hydrogen-bond donors (Lipinski definition) is 3. The summed E-state index contributed by atoms with van der Waals surface area (Å²) in [5, 5.41) is 10.4. The zero-order valence-electron chi connectivity index (χ0n) is 16.9. The summed E-state index contributed by atoms with van der Waals surface area (Å²) in [6.45, 7) is 5.93. The Morgan fingerprint density at radius 1 is 0.933 bits per heavy atom. The molecule has 1 aliphatic heterocycles. The number of carbonyl (C=O) groups excluding carboxylic acids is 1. The van der Waals surface area contributed by atoms with E-state index in [4.69, 9.17) is 11.6 Å². The molecule has 4 rings (SSSR count). The third kappa shape index (κ3) is 4.58.